The van der Waals surface area contributed by atoms with E-state index in [1.165, 1.54) is 36.8 Å². The van der Waals surface area contributed by atoms with Gasteiger partial charge in [0.2, 0.25) is 0 Å². The lowest BCUT2D eigenvalue weighted by molar-refractivity contribution is -0.912. The highest BCUT2D eigenvalue weighted by Crippen LogP contribution is 2.21. The van der Waals surface area contributed by atoms with Crippen LogP contribution in [-0.2, 0) is 0 Å². The Bertz CT molecular complexity index is 397. The van der Waals surface area contributed by atoms with Crippen molar-refractivity contribution in [1.82, 2.24) is 0 Å². The van der Waals surface area contributed by atoms with Gasteiger partial charge in [-0.25, -0.2) is 0 Å². The first-order valence-electron chi connectivity index (χ1n) is 6.81. The second-order valence-electron chi connectivity index (χ2n) is 5.62. The van der Waals surface area contributed by atoms with E-state index < -0.39 is 0 Å². The molecule has 0 atom stereocenters. The Morgan fingerprint density at radius 3 is 2.61 bits per heavy atom. The topological polar surface area (TPSA) is 64.1 Å². The Labute approximate surface area is 110 Å². The molecule has 1 aromatic carbocycles. The van der Waals surface area contributed by atoms with Crippen molar-refractivity contribution in [3.8, 4) is 0 Å². The average Bonchev–Trinajstić information content (AvgIpc) is 2.34. The highest BCUT2D eigenvalue weighted by molar-refractivity contribution is 5.70. The van der Waals surface area contributed by atoms with Crippen LogP contribution in [-0.4, -0.2) is 37.7 Å². The van der Waals surface area contributed by atoms with Crippen molar-refractivity contribution in [2.75, 3.05) is 50.0 Å². The predicted octanol–water partition coefficient (Wildman–Crippen LogP) is 1.89. The molecule has 0 spiro atoms. The SMILES string of the molecule is C[N+]1(CCNc2cc(N)ccc2N)CCCCC1. The number of likely N-dealkylation sites (N-methyl/N-ethyl adjacent to an activating group) is 1. The van der Waals surface area contributed by atoms with Gasteiger partial charge in [0.1, 0.15) is 0 Å². The normalized spacial score (nSPS) is 18.5. The molecule has 18 heavy (non-hydrogen) atoms. The summed E-state index contributed by atoms with van der Waals surface area (Å²) >= 11 is 0. The Balaban J connectivity index is 1.86. The van der Waals surface area contributed by atoms with Gasteiger partial charge in [-0.15, -0.1) is 0 Å². The van der Waals surface area contributed by atoms with Gasteiger partial charge in [0.15, 0.2) is 0 Å². The fraction of sp³-hybridized carbons (Fsp3) is 0.571. The van der Waals surface area contributed by atoms with Crippen LogP contribution in [0.25, 0.3) is 0 Å². The number of nitrogens with two attached hydrogens (primary N) is 2. The monoisotopic (exact) mass is 249 g/mol. The van der Waals surface area contributed by atoms with Crippen molar-refractivity contribution in [2.24, 2.45) is 0 Å². The molecule has 0 aromatic heterocycles. The number of piperidine rings is 1. The zero-order valence-corrected chi connectivity index (χ0v) is 11.3. The van der Waals surface area contributed by atoms with E-state index in [0.29, 0.717) is 0 Å². The van der Waals surface area contributed by atoms with E-state index in [-0.39, 0.29) is 0 Å². The second-order valence-corrected chi connectivity index (χ2v) is 5.62. The average molecular weight is 249 g/mol. The third kappa shape index (κ3) is 3.29. The van der Waals surface area contributed by atoms with E-state index in [4.69, 9.17) is 11.5 Å². The molecule has 1 saturated heterocycles. The van der Waals surface area contributed by atoms with Crippen LogP contribution in [0.4, 0.5) is 17.1 Å². The molecule has 0 radical (unpaired) electrons. The van der Waals surface area contributed by atoms with Crippen LogP contribution in [0.2, 0.25) is 0 Å². The molecule has 5 N–H and O–H groups in total. The van der Waals surface area contributed by atoms with Crippen molar-refractivity contribution >= 4 is 17.1 Å². The molecule has 1 aliphatic rings. The predicted molar refractivity (Wildman–Crippen MR) is 78.4 cm³/mol. The summed E-state index contributed by atoms with van der Waals surface area (Å²) in [7, 11) is 2.35. The van der Waals surface area contributed by atoms with Gasteiger partial charge >= 0.3 is 0 Å². The maximum Gasteiger partial charge on any atom is 0.0960 e. The van der Waals surface area contributed by atoms with Crippen LogP contribution < -0.4 is 16.8 Å². The molecule has 100 valence electrons. The standard InChI is InChI=1S/C14H25N4/c1-18(8-3-2-4-9-18)10-7-17-14-11-12(15)5-6-13(14)16/h5-6,11,17H,2-4,7-10,15-16H2,1H3/q+1. The third-order valence-electron chi connectivity index (χ3n) is 3.94. The summed E-state index contributed by atoms with van der Waals surface area (Å²) in [4.78, 5) is 0. The molecular weight excluding hydrogens is 224 g/mol. The van der Waals surface area contributed by atoms with Crippen molar-refractivity contribution in [2.45, 2.75) is 19.3 Å². The summed E-state index contributed by atoms with van der Waals surface area (Å²) in [5, 5.41) is 3.41. The zero-order valence-electron chi connectivity index (χ0n) is 11.3. The van der Waals surface area contributed by atoms with Gasteiger partial charge in [-0.1, -0.05) is 0 Å². The molecule has 1 heterocycles. The lowest BCUT2D eigenvalue weighted by Crippen LogP contribution is -2.50. The second kappa shape index (κ2) is 5.48. The van der Waals surface area contributed by atoms with Gasteiger partial charge < -0.3 is 21.3 Å². The number of hydrogen-bond donors (Lipinski definition) is 3. The fourth-order valence-electron chi connectivity index (χ4n) is 2.69. The Morgan fingerprint density at radius 1 is 1.17 bits per heavy atom. The molecule has 0 amide bonds. The van der Waals surface area contributed by atoms with E-state index in [1.54, 1.807) is 0 Å². The van der Waals surface area contributed by atoms with Crippen LogP contribution >= 0.6 is 0 Å². The van der Waals surface area contributed by atoms with E-state index in [1.807, 2.05) is 18.2 Å². The minimum atomic E-state index is 0.755. The van der Waals surface area contributed by atoms with Crippen molar-refractivity contribution in [3.63, 3.8) is 0 Å². The lowest BCUT2D eigenvalue weighted by Gasteiger charge is -2.37. The molecule has 1 fully saturated rings. The molecular formula is C14H25N4+. The first-order valence-corrected chi connectivity index (χ1v) is 6.81. The molecule has 0 aliphatic carbocycles. The molecule has 0 saturated carbocycles. The quantitative estimate of drug-likeness (QED) is 0.564. The molecule has 1 aromatic rings. The summed E-state index contributed by atoms with van der Waals surface area (Å²) in [6, 6.07) is 5.60. The number of nitrogen functional groups attached to an aromatic ring is 2. The number of anilines is 3. The maximum absolute atomic E-state index is 5.92. The molecule has 0 bridgehead atoms. The van der Waals surface area contributed by atoms with Crippen molar-refractivity contribution < 1.29 is 4.48 Å². The zero-order chi connectivity index (χ0) is 13.0. The summed E-state index contributed by atoms with van der Waals surface area (Å²) in [6.07, 6.45) is 4.11. The van der Waals surface area contributed by atoms with Gasteiger partial charge in [-0.05, 0) is 37.5 Å². The van der Waals surface area contributed by atoms with Crippen LogP contribution in [0.5, 0.6) is 0 Å². The summed E-state index contributed by atoms with van der Waals surface area (Å²) in [5.41, 5.74) is 14.2. The first-order chi connectivity index (χ1) is 8.59. The molecule has 4 heteroatoms. The fourth-order valence-corrected chi connectivity index (χ4v) is 2.69. The Kier molecular flexibility index (Phi) is 3.97. The number of hydrogen-bond acceptors (Lipinski definition) is 3. The van der Waals surface area contributed by atoms with Gasteiger partial charge in [-0.3, -0.25) is 0 Å². The highest BCUT2D eigenvalue weighted by Gasteiger charge is 2.23. The van der Waals surface area contributed by atoms with Crippen molar-refractivity contribution in [3.05, 3.63) is 18.2 Å². The first kappa shape index (κ1) is 13.0. The van der Waals surface area contributed by atoms with E-state index >= 15 is 0 Å². The largest absolute Gasteiger partial charge is 0.399 e. The molecule has 4 nitrogen and oxygen atoms in total. The summed E-state index contributed by atoms with van der Waals surface area (Å²) in [5.74, 6) is 0. The van der Waals surface area contributed by atoms with Gasteiger partial charge in [0, 0.05) is 5.69 Å². The van der Waals surface area contributed by atoms with Crippen LogP contribution in [0.1, 0.15) is 19.3 Å². The van der Waals surface area contributed by atoms with Gasteiger partial charge in [0.25, 0.3) is 0 Å². The van der Waals surface area contributed by atoms with Gasteiger partial charge in [-0.2, -0.15) is 0 Å². The number of quaternary nitrogens is 1. The minimum Gasteiger partial charge on any atom is -0.399 e. The third-order valence-corrected chi connectivity index (χ3v) is 3.94. The summed E-state index contributed by atoms with van der Waals surface area (Å²) in [6.45, 7) is 4.70. The minimum absolute atomic E-state index is 0.755. The van der Waals surface area contributed by atoms with E-state index in [0.717, 1.165) is 30.2 Å². The smallest absolute Gasteiger partial charge is 0.0960 e. The van der Waals surface area contributed by atoms with E-state index in [9.17, 15) is 0 Å². The number of likely N-dealkylation sites (tertiary alicyclic amines) is 1. The summed E-state index contributed by atoms with van der Waals surface area (Å²) < 4.78 is 1.18. The number of benzene rings is 1. The number of nitrogens with one attached hydrogen (secondary N) is 1. The van der Waals surface area contributed by atoms with Crippen LogP contribution in [0, 0.1) is 0 Å². The van der Waals surface area contributed by atoms with Crippen LogP contribution in [0.3, 0.4) is 0 Å². The van der Waals surface area contributed by atoms with Gasteiger partial charge in [0.05, 0.1) is 44.6 Å². The highest BCUT2D eigenvalue weighted by atomic mass is 15.3. The van der Waals surface area contributed by atoms with Crippen LogP contribution in [0.15, 0.2) is 18.2 Å². The number of rotatable bonds is 4. The Morgan fingerprint density at radius 2 is 1.89 bits per heavy atom. The number of nitrogens with zero attached hydrogens (tertiary/aromatic N) is 1. The Hall–Kier alpha value is -1.42. The van der Waals surface area contributed by atoms with Crippen molar-refractivity contribution in [1.29, 1.82) is 0 Å². The molecule has 0 unspecified atom stereocenters. The molecule has 2 rings (SSSR count). The molecule has 1 aliphatic heterocycles. The lowest BCUT2D eigenvalue weighted by atomic mass is 10.1. The van der Waals surface area contributed by atoms with E-state index in [2.05, 4.69) is 12.4 Å². The maximum atomic E-state index is 5.92.